The first kappa shape index (κ1) is 15.1. The van der Waals surface area contributed by atoms with E-state index in [1.54, 1.807) is 6.08 Å². The number of carbonyl (C=O) groups is 1. The van der Waals surface area contributed by atoms with Gasteiger partial charge in [-0.3, -0.25) is 4.79 Å². The highest BCUT2D eigenvalue weighted by atomic mass is 35.5. The van der Waals surface area contributed by atoms with Gasteiger partial charge < -0.3 is 5.32 Å². The lowest BCUT2D eigenvalue weighted by atomic mass is 9.85. The summed E-state index contributed by atoms with van der Waals surface area (Å²) in [5.74, 6) is 0.326. The van der Waals surface area contributed by atoms with Crippen molar-refractivity contribution in [2.75, 3.05) is 5.32 Å². The van der Waals surface area contributed by atoms with Crippen molar-refractivity contribution in [3.8, 4) is 0 Å². The van der Waals surface area contributed by atoms with Crippen molar-refractivity contribution in [2.24, 2.45) is 0 Å². The monoisotopic (exact) mass is 331 g/mol. The Kier molecular flexibility index (Phi) is 4.51. The zero-order chi connectivity index (χ0) is 15.5. The van der Waals surface area contributed by atoms with Gasteiger partial charge in [0.15, 0.2) is 5.78 Å². The molecule has 0 unspecified atom stereocenters. The van der Waals surface area contributed by atoms with Gasteiger partial charge in [0.25, 0.3) is 0 Å². The van der Waals surface area contributed by atoms with Gasteiger partial charge in [-0.25, -0.2) is 0 Å². The van der Waals surface area contributed by atoms with Crippen molar-refractivity contribution in [3.63, 3.8) is 0 Å². The molecule has 1 aliphatic carbocycles. The standard InChI is InChI=1S/C18H15Cl2NO/c19-14-3-1-12(2-4-14)13-9-17(11-18(22)10-13)21-16-7-5-15(20)6-8-16/h1-8,11,13,21H,9-10H2/t13-/m1/s1. The van der Waals surface area contributed by atoms with Crippen molar-refractivity contribution in [1.82, 2.24) is 0 Å². The number of carbonyl (C=O) groups excluding carboxylic acids is 1. The molecule has 112 valence electrons. The Morgan fingerprint density at radius 2 is 1.45 bits per heavy atom. The van der Waals surface area contributed by atoms with Crippen LogP contribution < -0.4 is 5.32 Å². The number of benzene rings is 2. The zero-order valence-corrected chi connectivity index (χ0v) is 13.4. The fourth-order valence-electron chi connectivity index (χ4n) is 2.67. The zero-order valence-electron chi connectivity index (χ0n) is 11.9. The Bertz CT molecular complexity index is 705. The topological polar surface area (TPSA) is 29.1 Å². The van der Waals surface area contributed by atoms with E-state index in [1.165, 1.54) is 0 Å². The molecule has 3 rings (SSSR count). The molecule has 22 heavy (non-hydrogen) atoms. The molecule has 0 saturated heterocycles. The minimum atomic E-state index is 0.141. The summed E-state index contributed by atoms with van der Waals surface area (Å²) in [7, 11) is 0. The van der Waals surface area contributed by atoms with Crippen LogP contribution in [0.25, 0.3) is 0 Å². The van der Waals surface area contributed by atoms with Crippen molar-refractivity contribution in [1.29, 1.82) is 0 Å². The average molecular weight is 332 g/mol. The summed E-state index contributed by atoms with van der Waals surface area (Å²) in [6.45, 7) is 0. The van der Waals surface area contributed by atoms with E-state index in [4.69, 9.17) is 23.2 Å². The van der Waals surface area contributed by atoms with Crippen LogP contribution in [0.4, 0.5) is 5.69 Å². The fourth-order valence-corrected chi connectivity index (χ4v) is 2.92. The molecule has 1 atom stereocenters. The van der Waals surface area contributed by atoms with Crippen molar-refractivity contribution >= 4 is 34.7 Å². The molecule has 0 aromatic heterocycles. The first-order chi connectivity index (χ1) is 10.6. The average Bonchev–Trinajstić information content (AvgIpc) is 2.50. The molecule has 0 aliphatic heterocycles. The minimum Gasteiger partial charge on any atom is -0.359 e. The number of ketones is 1. The Labute approximate surface area is 139 Å². The molecule has 0 saturated carbocycles. The van der Waals surface area contributed by atoms with Crippen molar-refractivity contribution < 1.29 is 4.79 Å². The largest absolute Gasteiger partial charge is 0.359 e. The number of anilines is 1. The first-order valence-electron chi connectivity index (χ1n) is 7.11. The predicted molar refractivity (Wildman–Crippen MR) is 91.6 cm³/mol. The maximum absolute atomic E-state index is 12.0. The Balaban J connectivity index is 1.76. The molecule has 4 heteroatoms. The third kappa shape index (κ3) is 3.70. The normalized spacial score (nSPS) is 18.0. The number of rotatable bonds is 3. The van der Waals surface area contributed by atoms with E-state index in [0.717, 1.165) is 23.4 Å². The molecule has 1 N–H and O–H groups in total. The van der Waals surface area contributed by atoms with E-state index in [1.807, 2.05) is 48.5 Å². The summed E-state index contributed by atoms with van der Waals surface area (Å²) in [5.41, 5.74) is 3.00. The minimum absolute atomic E-state index is 0.141. The van der Waals surface area contributed by atoms with Gasteiger partial charge in [-0.05, 0) is 54.3 Å². The number of hydrogen-bond acceptors (Lipinski definition) is 2. The van der Waals surface area contributed by atoms with E-state index in [9.17, 15) is 4.79 Å². The predicted octanol–water partition coefficient (Wildman–Crippen LogP) is 5.44. The first-order valence-corrected chi connectivity index (χ1v) is 7.87. The number of halogens is 2. The van der Waals surface area contributed by atoms with E-state index < -0.39 is 0 Å². The van der Waals surface area contributed by atoms with Crippen LogP contribution in [0, 0.1) is 0 Å². The molecule has 0 bridgehead atoms. The summed E-state index contributed by atoms with van der Waals surface area (Å²) in [4.78, 5) is 12.0. The lowest BCUT2D eigenvalue weighted by Crippen LogP contribution is -2.16. The summed E-state index contributed by atoms with van der Waals surface area (Å²) < 4.78 is 0. The van der Waals surface area contributed by atoms with Gasteiger partial charge in [0.2, 0.25) is 0 Å². The van der Waals surface area contributed by atoms with Crippen LogP contribution in [0.5, 0.6) is 0 Å². The number of hydrogen-bond donors (Lipinski definition) is 1. The van der Waals surface area contributed by atoms with Gasteiger partial charge in [0, 0.05) is 33.9 Å². The lowest BCUT2D eigenvalue weighted by molar-refractivity contribution is -0.115. The molecule has 0 amide bonds. The lowest BCUT2D eigenvalue weighted by Gasteiger charge is -2.23. The fraction of sp³-hybridized carbons (Fsp3) is 0.167. The summed E-state index contributed by atoms with van der Waals surface area (Å²) in [5, 5.41) is 4.71. The number of allylic oxidation sites excluding steroid dienone is 2. The quantitative estimate of drug-likeness (QED) is 0.811. The third-order valence-corrected chi connectivity index (χ3v) is 4.24. The van der Waals surface area contributed by atoms with Crippen LogP contribution in [-0.4, -0.2) is 5.78 Å². The second-order valence-corrected chi connectivity index (χ2v) is 6.30. The maximum Gasteiger partial charge on any atom is 0.158 e. The van der Waals surface area contributed by atoms with Crippen LogP contribution in [-0.2, 0) is 4.79 Å². The van der Waals surface area contributed by atoms with Crippen LogP contribution in [0.3, 0.4) is 0 Å². The molecule has 0 spiro atoms. The smallest absolute Gasteiger partial charge is 0.158 e. The van der Waals surface area contributed by atoms with Crippen molar-refractivity contribution in [2.45, 2.75) is 18.8 Å². The van der Waals surface area contributed by atoms with Gasteiger partial charge in [-0.1, -0.05) is 35.3 Å². The van der Waals surface area contributed by atoms with Crippen LogP contribution >= 0.6 is 23.2 Å². The van der Waals surface area contributed by atoms with Crippen molar-refractivity contribution in [3.05, 3.63) is 75.9 Å². The Morgan fingerprint density at radius 3 is 2.09 bits per heavy atom. The molecule has 2 aromatic rings. The molecule has 0 radical (unpaired) electrons. The van der Waals surface area contributed by atoms with Gasteiger partial charge in [0.05, 0.1) is 0 Å². The highest BCUT2D eigenvalue weighted by Gasteiger charge is 2.22. The van der Waals surface area contributed by atoms with Gasteiger partial charge in [0.1, 0.15) is 0 Å². The summed E-state index contributed by atoms with van der Waals surface area (Å²) in [6, 6.07) is 15.2. The molecular formula is C18H15Cl2NO. The van der Waals surface area contributed by atoms with Gasteiger partial charge in [-0.15, -0.1) is 0 Å². The highest BCUT2D eigenvalue weighted by molar-refractivity contribution is 6.30. The van der Waals surface area contributed by atoms with E-state index >= 15 is 0 Å². The van der Waals surface area contributed by atoms with E-state index in [-0.39, 0.29) is 11.7 Å². The molecule has 0 fully saturated rings. The van der Waals surface area contributed by atoms with Crippen LogP contribution in [0.2, 0.25) is 10.0 Å². The Hall–Kier alpha value is -1.77. The molecule has 2 nitrogen and oxygen atoms in total. The summed E-state index contributed by atoms with van der Waals surface area (Å²) in [6.07, 6.45) is 3.03. The second-order valence-electron chi connectivity index (χ2n) is 5.42. The molecule has 1 aliphatic rings. The van der Waals surface area contributed by atoms with Gasteiger partial charge in [-0.2, -0.15) is 0 Å². The summed E-state index contributed by atoms with van der Waals surface area (Å²) >= 11 is 11.8. The number of nitrogens with one attached hydrogen (secondary N) is 1. The Morgan fingerprint density at radius 1 is 0.864 bits per heavy atom. The maximum atomic E-state index is 12.0. The van der Waals surface area contributed by atoms with Crippen LogP contribution in [0.15, 0.2) is 60.3 Å². The SMILES string of the molecule is O=C1C=C(Nc2ccc(Cl)cc2)C[C@@H](c2ccc(Cl)cc2)C1. The molecular weight excluding hydrogens is 317 g/mol. The third-order valence-electron chi connectivity index (χ3n) is 3.74. The van der Waals surface area contributed by atoms with E-state index in [2.05, 4.69) is 5.32 Å². The molecule has 2 aromatic carbocycles. The van der Waals surface area contributed by atoms with Gasteiger partial charge >= 0.3 is 0 Å². The molecule has 0 heterocycles. The second kappa shape index (κ2) is 6.55. The van der Waals surface area contributed by atoms with E-state index in [0.29, 0.717) is 16.5 Å². The highest BCUT2D eigenvalue weighted by Crippen LogP contribution is 2.32. The van der Waals surface area contributed by atoms with Crippen LogP contribution in [0.1, 0.15) is 24.3 Å².